The third kappa shape index (κ3) is 18.8. The summed E-state index contributed by atoms with van der Waals surface area (Å²) >= 11 is 0. The minimum atomic E-state index is -1.12. The molecule has 0 aromatic heterocycles. The fraction of sp³-hybridized carbons (Fsp3) is 0.909. The first kappa shape index (κ1) is 28.9. The van der Waals surface area contributed by atoms with Gasteiger partial charge in [0, 0.05) is 0 Å². The maximum Gasteiger partial charge on any atom is 2.00 e. The average molecular weight is 397 g/mol. The molecule has 0 rings (SSSR count). The Bertz CT molecular complexity index is 384. The fourth-order valence-electron chi connectivity index (χ4n) is 3.40. The molecular weight excluding hydrogens is 353 g/mol. The molecule has 0 saturated heterocycles. The van der Waals surface area contributed by atoms with Gasteiger partial charge in [0.2, 0.25) is 0 Å². The number of hydrogen-bond acceptors (Lipinski definition) is 3. The molecule has 0 spiro atoms. The second kappa shape index (κ2) is 19.0. The summed E-state index contributed by atoms with van der Waals surface area (Å²) in [6, 6.07) is 0. The SMILES string of the molecule is CCCCCCCCCCCCC(C)(CCCCC)OC(=O)CC(=O)O.[H-].[H-].[Mg+2]. The van der Waals surface area contributed by atoms with Gasteiger partial charge in [-0.05, 0) is 32.6 Å². The van der Waals surface area contributed by atoms with Gasteiger partial charge in [0.15, 0.2) is 0 Å². The number of carbonyl (C=O) groups excluding carboxylic acids is 1. The molecular formula is C22H44MgO4. The summed E-state index contributed by atoms with van der Waals surface area (Å²) in [5.74, 6) is -1.73. The molecule has 1 atom stereocenters. The minimum Gasteiger partial charge on any atom is -1.00 e. The summed E-state index contributed by atoms with van der Waals surface area (Å²) in [6.45, 7) is 6.36. The predicted molar refractivity (Wildman–Crippen MR) is 115 cm³/mol. The Morgan fingerprint density at radius 1 is 0.778 bits per heavy atom. The first-order chi connectivity index (χ1) is 12.4. The van der Waals surface area contributed by atoms with E-state index >= 15 is 0 Å². The number of carboxylic acids is 1. The predicted octanol–water partition coefficient (Wildman–Crippen LogP) is 6.50. The van der Waals surface area contributed by atoms with Crippen LogP contribution in [0.15, 0.2) is 0 Å². The van der Waals surface area contributed by atoms with Crippen LogP contribution < -0.4 is 0 Å². The molecule has 0 fully saturated rings. The molecule has 1 N–H and O–H groups in total. The maximum absolute atomic E-state index is 11.8. The number of hydrogen-bond donors (Lipinski definition) is 1. The van der Waals surface area contributed by atoms with E-state index in [1.54, 1.807) is 0 Å². The van der Waals surface area contributed by atoms with E-state index in [9.17, 15) is 9.59 Å². The minimum absolute atomic E-state index is 0. The molecule has 0 heterocycles. The van der Waals surface area contributed by atoms with Crippen LogP contribution in [0, 0.1) is 0 Å². The van der Waals surface area contributed by atoms with Crippen molar-refractivity contribution in [3.8, 4) is 0 Å². The second-order valence-corrected chi connectivity index (χ2v) is 7.88. The van der Waals surface area contributed by atoms with E-state index in [1.165, 1.54) is 51.4 Å². The zero-order valence-corrected chi connectivity index (χ0v) is 19.6. The van der Waals surface area contributed by atoms with Crippen LogP contribution in [-0.2, 0) is 14.3 Å². The normalized spacial score (nSPS) is 12.9. The van der Waals surface area contributed by atoms with E-state index in [4.69, 9.17) is 9.84 Å². The average Bonchev–Trinajstić information content (AvgIpc) is 2.56. The standard InChI is InChI=1S/C22H42O4.Mg.2H/c1-4-6-8-9-10-11-12-13-14-16-18-22(3,17-15-7-5-2)26-21(25)19-20(23)24;;;/h4-19H2,1-3H3,(H,23,24);;;/q;+2;2*-1. The Hall–Kier alpha value is -0.294. The third-order valence-electron chi connectivity index (χ3n) is 5.02. The Morgan fingerprint density at radius 3 is 1.59 bits per heavy atom. The van der Waals surface area contributed by atoms with Crippen molar-refractivity contribution in [2.45, 2.75) is 129 Å². The molecule has 0 aliphatic heterocycles. The van der Waals surface area contributed by atoms with Crippen LogP contribution in [0.1, 0.15) is 126 Å². The van der Waals surface area contributed by atoms with Crippen LogP contribution >= 0.6 is 0 Å². The smallest absolute Gasteiger partial charge is 1.00 e. The summed E-state index contributed by atoms with van der Waals surface area (Å²) < 4.78 is 5.56. The summed E-state index contributed by atoms with van der Waals surface area (Å²) in [5, 5.41) is 8.76. The third-order valence-corrected chi connectivity index (χ3v) is 5.02. The molecule has 158 valence electrons. The molecule has 27 heavy (non-hydrogen) atoms. The Labute approximate surface area is 186 Å². The maximum atomic E-state index is 11.8. The van der Waals surface area contributed by atoms with Crippen LogP contribution in [0.4, 0.5) is 0 Å². The van der Waals surface area contributed by atoms with E-state index in [1.807, 2.05) is 6.92 Å². The van der Waals surface area contributed by atoms with Crippen molar-refractivity contribution >= 4 is 35.0 Å². The van der Waals surface area contributed by atoms with Crippen LogP contribution in [0.25, 0.3) is 0 Å². The van der Waals surface area contributed by atoms with Gasteiger partial charge in [-0.1, -0.05) is 84.5 Å². The van der Waals surface area contributed by atoms with E-state index in [2.05, 4.69) is 13.8 Å². The van der Waals surface area contributed by atoms with Crippen molar-refractivity contribution < 1.29 is 22.3 Å². The quantitative estimate of drug-likeness (QED) is 0.124. The van der Waals surface area contributed by atoms with Gasteiger partial charge in [-0.25, -0.2) is 0 Å². The van der Waals surface area contributed by atoms with Gasteiger partial charge >= 0.3 is 35.0 Å². The molecule has 1 unspecified atom stereocenters. The van der Waals surface area contributed by atoms with Gasteiger partial charge < -0.3 is 12.7 Å². The number of aliphatic carboxylic acids is 1. The van der Waals surface area contributed by atoms with Crippen LogP contribution in [0.2, 0.25) is 0 Å². The molecule has 0 amide bonds. The van der Waals surface area contributed by atoms with Crippen LogP contribution in [0.3, 0.4) is 0 Å². The first-order valence-corrected chi connectivity index (χ1v) is 10.9. The Balaban J connectivity index is -0.00000104. The Morgan fingerprint density at radius 2 is 1.15 bits per heavy atom. The van der Waals surface area contributed by atoms with E-state index in [-0.39, 0.29) is 25.9 Å². The van der Waals surface area contributed by atoms with Gasteiger partial charge in [-0.15, -0.1) is 0 Å². The van der Waals surface area contributed by atoms with Crippen LogP contribution in [0.5, 0.6) is 0 Å². The number of carboxylic acid groups (broad SMARTS) is 1. The Kier molecular flexibility index (Phi) is 20.4. The summed E-state index contributed by atoms with van der Waals surface area (Å²) in [5.41, 5.74) is -0.512. The van der Waals surface area contributed by atoms with Gasteiger partial charge in [-0.2, -0.15) is 0 Å². The molecule has 4 nitrogen and oxygen atoms in total. The van der Waals surface area contributed by atoms with Crippen molar-refractivity contribution in [2.24, 2.45) is 0 Å². The van der Waals surface area contributed by atoms with Gasteiger partial charge in [0.25, 0.3) is 0 Å². The first-order valence-electron chi connectivity index (χ1n) is 10.9. The van der Waals surface area contributed by atoms with Gasteiger partial charge in [0.05, 0.1) is 0 Å². The molecule has 0 aliphatic rings. The second-order valence-electron chi connectivity index (χ2n) is 7.88. The number of unbranched alkanes of at least 4 members (excludes halogenated alkanes) is 11. The van der Waals surface area contributed by atoms with Crippen molar-refractivity contribution in [3.05, 3.63) is 0 Å². The zero-order chi connectivity index (χ0) is 19.7. The molecule has 5 heteroatoms. The number of rotatable bonds is 18. The van der Waals surface area contributed by atoms with Crippen LogP contribution in [-0.4, -0.2) is 45.7 Å². The topological polar surface area (TPSA) is 63.6 Å². The number of carbonyl (C=O) groups is 2. The summed E-state index contributed by atoms with van der Waals surface area (Å²) in [4.78, 5) is 22.5. The molecule has 0 aromatic carbocycles. The van der Waals surface area contributed by atoms with Gasteiger partial charge in [-0.3, -0.25) is 9.59 Å². The van der Waals surface area contributed by atoms with E-state index < -0.39 is 24.0 Å². The van der Waals surface area contributed by atoms with E-state index in [0.717, 1.165) is 44.9 Å². The molecule has 0 aliphatic carbocycles. The number of esters is 1. The largest absolute Gasteiger partial charge is 2.00 e. The monoisotopic (exact) mass is 396 g/mol. The summed E-state index contributed by atoms with van der Waals surface area (Å²) in [7, 11) is 0. The van der Waals surface area contributed by atoms with Crippen molar-refractivity contribution in [1.82, 2.24) is 0 Å². The zero-order valence-electron chi connectivity index (χ0n) is 20.2. The number of ether oxygens (including phenoxy) is 1. The van der Waals surface area contributed by atoms with E-state index in [0.29, 0.717) is 0 Å². The molecule has 0 bridgehead atoms. The molecule has 0 saturated carbocycles. The van der Waals surface area contributed by atoms with Crippen molar-refractivity contribution in [3.63, 3.8) is 0 Å². The fourth-order valence-corrected chi connectivity index (χ4v) is 3.40. The van der Waals surface area contributed by atoms with Crippen molar-refractivity contribution in [1.29, 1.82) is 0 Å². The molecule has 0 radical (unpaired) electrons. The van der Waals surface area contributed by atoms with Crippen molar-refractivity contribution in [2.75, 3.05) is 0 Å². The summed E-state index contributed by atoms with van der Waals surface area (Å²) in [6.07, 6.45) is 17.2. The van der Waals surface area contributed by atoms with Gasteiger partial charge in [0.1, 0.15) is 12.0 Å². The molecule has 0 aromatic rings.